The second kappa shape index (κ2) is 8.04. The summed E-state index contributed by atoms with van der Waals surface area (Å²) in [5.74, 6) is 0.789. The summed E-state index contributed by atoms with van der Waals surface area (Å²) in [6.45, 7) is 10.2. The number of nitrogens with zero attached hydrogens (tertiary/aromatic N) is 1. The molecule has 0 amide bonds. The van der Waals surface area contributed by atoms with Crippen molar-refractivity contribution in [1.82, 2.24) is 10.2 Å². The highest BCUT2D eigenvalue weighted by Crippen LogP contribution is 2.18. The standard InChI is InChI=1S/C13H28N2O/c1-4-7-14-10-12(2)15-8-5-13(6-9-15)11-16-3/h12-14H,4-11H2,1-3H3. The monoisotopic (exact) mass is 228 g/mol. The molecule has 0 radical (unpaired) electrons. The first-order chi connectivity index (χ1) is 7.77. The van der Waals surface area contributed by atoms with Gasteiger partial charge in [0.25, 0.3) is 0 Å². The van der Waals surface area contributed by atoms with Crippen LogP contribution in [0, 0.1) is 5.92 Å². The molecule has 1 unspecified atom stereocenters. The lowest BCUT2D eigenvalue weighted by molar-refractivity contribution is 0.0832. The van der Waals surface area contributed by atoms with Crippen molar-refractivity contribution in [3.63, 3.8) is 0 Å². The number of piperidine rings is 1. The molecule has 0 spiro atoms. The van der Waals surface area contributed by atoms with Crippen LogP contribution in [0.3, 0.4) is 0 Å². The minimum absolute atomic E-state index is 0.676. The smallest absolute Gasteiger partial charge is 0.0491 e. The molecule has 96 valence electrons. The third-order valence-electron chi connectivity index (χ3n) is 3.54. The van der Waals surface area contributed by atoms with Gasteiger partial charge in [-0.1, -0.05) is 6.92 Å². The van der Waals surface area contributed by atoms with E-state index in [-0.39, 0.29) is 0 Å². The molecular weight excluding hydrogens is 200 g/mol. The quantitative estimate of drug-likeness (QED) is 0.672. The summed E-state index contributed by atoms with van der Waals surface area (Å²) in [6.07, 6.45) is 3.82. The summed E-state index contributed by atoms with van der Waals surface area (Å²) in [7, 11) is 1.81. The molecule has 3 nitrogen and oxygen atoms in total. The second-order valence-corrected chi connectivity index (χ2v) is 4.99. The fourth-order valence-corrected chi connectivity index (χ4v) is 2.41. The number of likely N-dealkylation sites (tertiary alicyclic amines) is 1. The van der Waals surface area contributed by atoms with Crippen LogP contribution < -0.4 is 5.32 Å². The number of hydrogen-bond acceptors (Lipinski definition) is 3. The maximum Gasteiger partial charge on any atom is 0.0491 e. The van der Waals surface area contributed by atoms with Gasteiger partial charge in [0.2, 0.25) is 0 Å². The predicted molar refractivity (Wildman–Crippen MR) is 68.8 cm³/mol. The van der Waals surface area contributed by atoms with Crippen molar-refractivity contribution in [2.24, 2.45) is 5.92 Å². The third kappa shape index (κ3) is 4.81. The van der Waals surface area contributed by atoms with Gasteiger partial charge >= 0.3 is 0 Å². The number of hydrogen-bond donors (Lipinski definition) is 1. The molecule has 1 rings (SSSR count). The Hall–Kier alpha value is -0.120. The fraction of sp³-hybridized carbons (Fsp3) is 1.00. The van der Waals surface area contributed by atoms with Gasteiger partial charge in [0.1, 0.15) is 0 Å². The maximum absolute atomic E-state index is 5.23. The van der Waals surface area contributed by atoms with E-state index in [2.05, 4.69) is 24.1 Å². The number of nitrogens with one attached hydrogen (secondary N) is 1. The highest BCUT2D eigenvalue weighted by molar-refractivity contribution is 4.77. The van der Waals surface area contributed by atoms with Gasteiger partial charge in [-0.3, -0.25) is 4.90 Å². The lowest BCUT2D eigenvalue weighted by atomic mass is 9.97. The van der Waals surface area contributed by atoms with Gasteiger partial charge in [0, 0.05) is 26.3 Å². The molecule has 0 aromatic carbocycles. The Morgan fingerprint density at radius 1 is 1.38 bits per heavy atom. The molecule has 1 aliphatic heterocycles. The van der Waals surface area contributed by atoms with Gasteiger partial charge in [-0.15, -0.1) is 0 Å². The summed E-state index contributed by atoms with van der Waals surface area (Å²) < 4.78 is 5.23. The van der Waals surface area contributed by atoms with E-state index < -0.39 is 0 Å². The van der Waals surface area contributed by atoms with Crippen LogP contribution in [0.4, 0.5) is 0 Å². The third-order valence-corrected chi connectivity index (χ3v) is 3.54. The summed E-state index contributed by atoms with van der Waals surface area (Å²) in [4.78, 5) is 2.61. The molecule has 1 heterocycles. The molecule has 0 bridgehead atoms. The summed E-state index contributed by atoms with van der Waals surface area (Å²) in [6, 6.07) is 0.676. The predicted octanol–water partition coefficient (Wildman–Crippen LogP) is 1.73. The first-order valence-electron chi connectivity index (χ1n) is 6.71. The molecule has 1 atom stereocenters. The molecule has 0 aliphatic carbocycles. The van der Waals surface area contributed by atoms with Crippen molar-refractivity contribution < 1.29 is 4.74 Å². The topological polar surface area (TPSA) is 24.5 Å². The zero-order valence-electron chi connectivity index (χ0n) is 11.2. The van der Waals surface area contributed by atoms with Crippen LogP contribution in [0.15, 0.2) is 0 Å². The Balaban J connectivity index is 2.14. The van der Waals surface area contributed by atoms with E-state index in [9.17, 15) is 0 Å². The zero-order valence-corrected chi connectivity index (χ0v) is 11.2. The molecule has 1 saturated heterocycles. The molecule has 16 heavy (non-hydrogen) atoms. The van der Waals surface area contributed by atoms with Crippen LogP contribution in [0.2, 0.25) is 0 Å². The van der Waals surface area contributed by atoms with Gasteiger partial charge in [0.05, 0.1) is 0 Å². The average molecular weight is 228 g/mol. The first-order valence-corrected chi connectivity index (χ1v) is 6.71. The van der Waals surface area contributed by atoms with Gasteiger partial charge < -0.3 is 10.1 Å². The zero-order chi connectivity index (χ0) is 11.8. The number of ether oxygens (including phenoxy) is 1. The fourth-order valence-electron chi connectivity index (χ4n) is 2.41. The average Bonchev–Trinajstić information content (AvgIpc) is 2.30. The largest absolute Gasteiger partial charge is 0.384 e. The molecule has 1 N–H and O–H groups in total. The summed E-state index contributed by atoms with van der Waals surface area (Å²) in [5.41, 5.74) is 0. The molecule has 0 saturated carbocycles. The first kappa shape index (κ1) is 13.9. The lowest BCUT2D eigenvalue weighted by Gasteiger charge is -2.36. The minimum Gasteiger partial charge on any atom is -0.384 e. The van der Waals surface area contributed by atoms with Crippen molar-refractivity contribution in [2.75, 3.05) is 39.9 Å². The van der Waals surface area contributed by atoms with E-state index in [1.54, 1.807) is 0 Å². The molecule has 1 aliphatic rings. The van der Waals surface area contributed by atoms with E-state index in [4.69, 9.17) is 4.74 Å². The van der Waals surface area contributed by atoms with Crippen LogP contribution in [0.25, 0.3) is 0 Å². The Kier molecular flexibility index (Phi) is 7.01. The molecule has 3 heteroatoms. The Labute approximate surface area is 101 Å². The van der Waals surface area contributed by atoms with Crippen LogP contribution >= 0.6 is 0 Å². The Morgan fingerprint density at radius 3 is 2.62 bits per heavy atom. The van der Waals surface area contributed by atoms with Gasteiger partial charge in [0.15, 0.2) is 0 Å². The number of rotatable bonds is 7. The summed E-state index contributed by atoms with van der Waals surface area (Å²) >= 11 is 0. The second-order valence-electron chi connectivity index (χ2n) is 4.99. The maximum atomic E-state index is 5.23. The van der Waals surface area contributed by atoms with E-state index in [1.807, 2.05) is 7.11 Å². The number of methoxy groups -OCH3 is 1. The normalized spacial score (nSPS) is 21.2. The highest BCUT2D eigenvalue weighted by atomic mass is 16.5. The summed E-state index contributed by atoms with van der Waals surface area (Å²) in [5, 5.41) is 3.50. The van der Waals surface area contributed by atoms with Crippen LogP contribution in [-0.2, 0) is 4.74 Å². The van der Waals surface area contributed by atoms with Crippen LogP contribution in [-0.4, -0.2) is 50.8 Å². The van der Waals surface area contributed by atoms with E-state index >= 15 is 0 Å². The highest BCUT2D eigenvalue weighted by Gasteiger charge is 2.22. The SMILES string of the molecule is CCCNCC(C)N1CCC(COC)CC1. The van der Waals surface area contributed by atoms with Crippen LogP contribution in [0.5, 0.6) is 0 Å². The molecule has 1 fully saturated rings. The van der Waals surface area contributed by atoms with Gasteiger partial charge in [-0.2, -0.15) is 0 Å². The minimum atomic E-state index is 0.676. The van der Waals surface area contributed by atoms with Gasteiger partial charge in [-0.25, -0.2) is 0 Å². The van der Waals surface area contributed by atoms with Crippen molar-refractivity contribution in [3.8, 4) is 0 Å². The Morgan fingerprint density at radius 2 is 2.06 bits per heavy atom. The van der Waals surface area contributed by atoms with Gasteiger partial charge in [-0.05, 0) is 51.7 Å². The van der Waals surface area contributed by atoms with E-state index in [1.165, 1.54) is 32.4 Å². The lowest BCUT2D eigenvalue weighted by Crippen LogP contribution is -2.45. The molecule has 0 aromatic heterocycles. The molecular formula is C13H28N2O. The van der Waals surface area contributed by atoms with E-state index in [0.29, 0.717) is 6.04 Å². The molecule has 0 aromatic rings. The Bertz CT molecular complexity index is 167. The van der Waals surface area contributed by atoms with Crippen molar-refractivity contribution in [1.29, 1.82) is 0 Å². The van der Waals surface area contributed by atoms with Crippen molar-refractivity contribution in [2.45, 2.75) is 39.2 Å². The van der Waals surface area contributed by atoms with Crippen molar-refractivity contribution >= 4 is 0 Å². The van der Waals surface area contributed by atoms with E-state index in [0.717, 1.165) is 25.6 Å². The van der Waals surface area contributed by atoms with Crippen LogP contribution in [0.1, 0.15) is 33.1 Å². The van der Waals surface area contributed by atoms with Crippen molar-refractivity contribution in [3.05, 3.63) is 0 Å².